The highest BCUT2D eigenvalue weighted by molar-refractivity contribution is 7.89. The maximum Gasteiger partial charge on any atom is 0.270 e. The van der Waals surface area contributed by atoms with Crippen LogP contribution >= 0.6 is 22.9 Å². The Labute approximate surface area is 189 Å². The van der Waals surface area contributed by atoms with Gasteiger partial charge in [-0.2, -0.15) is 4.31 Å². The van der Waals surface area contributed by atoms with Crippen LogP contribution in [0.4, 0.5) is 5.69 Å². The van der Waals surface area contributed by atoms with E-state index in [-0.39, 0.29) is 46.6 Å². The van der Waals surface area contributed by atoms with Gasteiger partial charge in [-0.3, -0.25) is 14.9 Å². The van der Waals surface area contributed by atoms with E-state index in [1.165, 1.54) is 26.9 Å². The standard InChI is InChI=1S/C20H22ClN3O5S2/c1-13-16-7-11-30-18(16)6-10-23(13)20(25)14-4-8-22(9-5-14)31(28,29)19-12-15(24(26)27)2-3-17(19)21/h2-3,7,11-14H,4-6,8-10H2,1H3/t13-/m1/s1. The van der Waals surface area contributed by atoms with Gasteiger partial charge in [-0.1, -0.05) is 11.6 Å². The lowest BCUT2D eigenvalue weighted by Gasteiger charge is -2.38. The molecule has 0 unspecified atom stereocenters. The van der Waals surface area contributed by atoms with Crippen LogP contribution in [0.25, 0.3) is 0 Å². The van der Waals surface area contributed by atoms with Crippen LogP contribution in [0.5, 0.6) is 0 Å². The van der Waals surface area contributed by atoms with E-state index in [0.29, 0.717) is 19.4 Å². The van der Waals surface area contributed by atoms with Crippen LogP contribution in [-0.2, 0) is 21.2 Å². The van der Waals surface area contributed by atoms with Crippen LogP contribution < -0.4 is 0 Å². The summed E-state index contributed by atoms with van der Waals surface area (Å²) in [6.07, 6.45) is 1.66. The monoisotopic (exact) mass is 483 g/mol. The largest absolute Gasteiger partial charge is 0.335 e. The maximum absolute atomic E-state index is 13.2. The average Bonchev–Trinajstić information content (AvgIpc) is 3.23. The zero-order valence-electron chi connectivity index (χ0n) is 16.9. The molecule has 1 saturated heterocycles. The van der Waals surface area contributed by atoms with Gasteiger partial charge in [0.1, 0.15) is 4.90 Å². The molecule has 1 fully saturated rings. The van der Waals surface area contributed by atoms with Gasteiger partial charge in [0.15, 0.2) is 0 Å². The van der Waals surface area contributed by atoms with Crippen LogP contribution in [0.2, 0.25) is 5.02 Å². The normalized spacial score (nSPS) is 20.5. The Bertz CT molecular complexity index is 1130. The van der Waals surface area contributed by atoms with Crippen LogP contribution in [0.3, 0.4) is 0 Å². The average molecular weight is 484 g/mol. The minimum atomic E-state index is -3.99. The summed E-state index contributed by atoms with van der Waals surface area (Å²) in [6.45, 7) is 3.05. The number of hydrogen-bond acceptors (Lipinski definition) is 6. The zero-order chi connectivity index (χ0) is 22.3. The Hall–Kier alpha value is -2.01. The molecular formula is C20H22ClN3O5S2. The summed E-state index contributed by atoms with van der Waals surface area (Å²) in [5.74, 6) is -0.176. The van der Waals surface area contributed by atoms with Crippen molar-refractivity contribution in [3.63, 3.8) is 0 Å². The van der Waals surface area contributed by atoms with Gasteiger partial charge in [-0.05, 0) is 49.3 Å². The lowest BCUT2D eigenvalue weighted by molar-refractivity contribution is -0.385. The number of fused-ring (bicyclic) bond motifs is 1. The van der Waals surface area contributed by atoms with Crippen LogP contribution in [0, 0.1) is 16.0 Å². The van der Waals surface area contributed by atoms with Crippen molar-refractivity contribution in [3.05, 3.63) is 55.2 Å². The Balaban J connectivity index is 1.46. The topological polar surface area (TPSA) is 101 Å². The molecule has 2 aliphatic rings. The van der Waals surface area contributed by atoms with E-state index >= 15 is 0 Å². The minimum absolute atomic E-state index is 0.0212. The van der Waals surface area contributed by atoms with Crippen molar-refractivity contribution in [1.82, 2.24) is 9.21 Å². The number of rotatable bonds is 4. The molecule has 2 aromatic rings. The molecule has 8 nitrogen and oxygen atoms in total. The summed E-state index contributed by atoms with van der Waals surface area (Å²) in [6, 6.07) is 5.47. The molecular weight excluding hydrogens is 462 g/mol. The first-order chi connectivity index (χ1) is 14.7. The molecule has 3 heterocycles. The number of nitro benzene ring substituents is 1. The highest BCUT2D eigenvalue weighted by Crippen LogP contribution is 2.36. The summed E-state index contributed by atoms with van der Waals surface area (Å²) < 4.78 is 27.4. The third-order valence-electron chi connectivity index (χ3n) is 6.11. The van der Waals surface area contributed by atoms with Gasteiger partial charge < -0.3 is 4.90 Å². The predicted octanol–water partition coefficient (Wildman–Crippen LogP) is 3.86. The molecule has 166 valence electrons. The van der Waals surface area contributed by atoms with Crippen molar-refractivity contribution < 1.29 is 18.1 Å². The number of nitrogens with zero attached hydrogens (tertiary/aromatic N) is 3. The van der Waals surface area contributed by atoms with Crippen molar-refractivity contribution in [1.29, 1.82) is 0 Å². The predicted molar refractivity (Wildman–Crippen MR) is 118 cm³/mol. The molecule has 0 bridgehead atoms. The minimum Gasteiger partial charge on any atom is -0.335 e. The van der Waals surface area contributed by atoms with Gasteiger partial charge >= 0.3 is 0 Å². The number of non-ortho nitro benzene ring substituents is 1. The van der Waals surface area contributed by atoms with Crippen molar-refractivity contribution in [2.24, 2.45) is 5.92 Å². The molecule has 1 amide bonds. The fourth-order valence-electron chi connectivity index (χ4n) is 4.33. The molecule has 0 aliphatic carbocycles. The smallest absolute Gasteiger partial charge is 0.270 e. The third kappa shape index (κ3) is 4.09. The number of piperidine rings is 1. The molecule has 11 heteroatoms. The number of carbonyl (C=O) groups excluding carboxylic acids is 1. The number of carbonyl (C=O) groups is 1. The first-order valence-corrected chi connectivity index (χ1v) is 12.7. The maximum atomic E-state index is 13.2. The highest BCUT2D eigenvalue weighted by Gasteiger charge is 2.37. The molecule has 31 heavy (non-hydrogen) atoms. The summed E-state index contributed by atoms with van der Waals surface area (Å²) in [7, 11) is -3.99. The van der Waals surface area contributed by atoms with Crippen LogP contribution in [0.1, 0.15) is 36.2 Å². The summed E-state index contributed by atoms with van der Waals surface area (Å²) in [5.41, 5.74) is 0.866. The Morgan fingerprint density at radius 2 is 1.94 bits per heavy atom. The second-order valence-corrected chi connectivity index (χ2v) is 11.1. The van der Waals surface area contributed by atoms with Gasteiger partial charge in [0, 0.05) is 42.6 Å². The van der Waals surface area contributed by atoms with E-state index in [4.69, 9.17) is 11.6 Å². The number of hydrogen-bond donors (Lipinski definition) is 0. The van der Waals surface area contributed by atoms with E-state index < -0.39 is 14.9 Å². The Morgan fingerprint density at radius 1 is 1.23 bits per heavy atom. The molecule has 1 aromatic heterocycles. The highest BCUT2D eigenvalue weighted by atomic mass is 35.5. The van der Waals surface area contributed by atoms with Gasteiger partial charge in [-0.15, -0.1) is 11.3 Å². The second kappa shape index (κ2) is 8.50. The molecule has 0 saturated carbocycles. The molecule has 1 aromatic carbocycles. The van der Waals surface area contributed by atoms with Crippen molar-refractivity contribution in [3.8, 4) is 0 Å². The summed E-state index contributed by atoms with van der Waals surface area (Å²) in [5, 5.41) is 13.0. The lowest BCUT2D eigenvalue weighted by atomic mass is 9.93. The number of benzene rings is 1. The van der Waals surface area contributed by atoms with E-state index in [1.54, 1.807) is 11.3 Å². The molecule has 2 aliphatic heterocycles. The van der Waals surface area contributed by atoms with Gasteiger partial charge in [0.2, 0.25) is 15.9 Å². The van der Waals surface area contributed by atoms with Crippen molar-refractivity contribution in [2.75, 3.05) is 19.6 Å². The van der Waals surface area contributed by atoms with E-state index in [9.17, 15) is 23.3 Å². The van der Waals surface area contributed by atoms with Crippen molar-refractivity contribution >= 4 is 44.6 Å². The SMILES string of the molecule is C[C@@H]1c2ccsc2CCN1C(=O)C1CCN(S(=O)(=O)c2cc([N+](=O)[O-])ccc2Cl)CC1. The summed E-state index contributed by atoms with van der Waals surface area (Å²) >= 11 is 7.76. The third-order valence-corrected chi connectivity index (χ3v) is 9.48. The fourth-order valence-corrected chi connectivity index (χ4v) is 7.26. The first kappa shape index (κ1) is 22.2. The van der Waals surface area contributed by atoms with E-state index in [2.05, 4.69) is 11.4 Å². The number of sulfonamides is 1. The lowest BCUT2D eigenvalue weighted by Crippen LogP contribution is -2.46. The molecule has 1 atom stereocenters. The van der Waals surface area contributed by atoms with E-state index in [1.807, 2.05) is 11.8 Å². The molecule has 0 spiro atoms. The molecule has 0 N–H and O–H groups in total. The van der Waals surface area contributed by atoms with Crippen LogP contribution in [-0.4, -0.2) is 48.1 Å². The number of amides is 1. The number of nitro groups is 1. The first-order valence-electron chi connectivity index (χ1n) is 10.0. The number of halogens is 1. The molecule has 4 rings (SSSR count). The van der Waals surface area contributed by atoms with Crippen LogP contribution in [0.15, 0.2) is 34.5 Å². The van der Waals surface area contributed by atoms with Gasteiger partial charge in [0.25, 0.3) is 5.69 Å². The summed E-state index contributed by atoms with van der Waals surface area (Å²) in [4.78, 5) is 26.5. The Kier molecular flexibility index (Phi) is 6.08. The van der Waals surface area contributed by atoms with Crippen molar-refractivity contribution in [2.45, 2.75) is 37.1 Å². The quantitative estimate of drug-likeness (QED) is 0.485. The van der Waals surface area contributed by atoms with Gasteiger partial charge in [-0.25, -0.2) is 8.42 Å². The molecule has 0 radical (unpaired) electrons. The zero-order valence-corrected chi connectivity index (χ0v) is 19.3. The second-order valence-electron chi connectivity index (χ2n) is 7.81. The van der Waals surface area contributed by atoms with Gasteiger partial charge in [0.05, 0.1) is 16.0 Å². The fraction of sp³-hybridized carbons (Fsp3) is 0.450. The van der Waals surface area contributed by atoms with E-state index in [0.717, 1.165) is 12.5 Å². The number of thiophene rings is 1. The Morgan fingerprint density at radius 3 is 2.61 bits per heavy atom.